The van der Waals surface area contributed by atoms with Gasteiger partial charge in [0, 0.05) is 39.1 Å². The summed E-state index contributed by atoms with van der Waals surface area (Å²) in [6.07, 6.45) is 1.91. The zero-order valence-corrected chi connectivity index (χ0v) is 14.3. The van der Waals surface area contributed by atoms with Crippen molar-refractivity contribution in [2.24, 2.45) is 11.8 Å². The maximum Gasteiger partial charge on any atom is 0.222 e. The molecule has 1 amide bonds. The van der Waals surface area contributed by atoms with Crippen molar-refractivity contribution in [3.63, 3.8) is 0 Å². The number of rotatable bonds is 4. The fourth-order valence-electron chi connectivity index (χ4n) is 2.96. The number of nitrogens with zero attached hydrogens (tertiary/aromatic N) is 2. The monoisotopic (exact) mass is 325 g/mol. The summed E-state index contributed by atoms with van der Waals surface area (Å²) in [4.78, 5) is 16.7. The van der Waals surface area contributed by atoms with Crippen LogP contribution in [0.15, 0.2) is 0 Å². The fourth-order valence-corrected chi connectivity index (χ4v) is 2.96. The number of amides is 1. The van der Waals surface area contributed by atoms with Crippen LogP contribution in [-0.2, 0) is 4.79 Å². The molecule has 2 saturated heterocycles. The lowest BCUT2D eigenvalue weighted by Crippen LogP contribution is -2.49. The summed E-state index contributed by atoms with van der Waals surface area (Å²) in [5, 5.41) is 3.33. The van der Waals surface area contributed by atoms with Crippen LogP contribution in [0.4, 0.5) is 0 Å². The Balaban J connectivity index is 0.00000180. The van der Waals surface area contributed by atoms with Gasteiger partial charge in [0.15, 0.2) is 0 Å². The second-order valence-corrected chi connectivity index (χ2v) is 6.14. The highest BCUT2D eigenvalue weighted by atomic mass is 35.5. The standard InChI is InChI=1S/C14H27N3O.2ClH/c1-12(2)11-16-5-7-17(8-6-16)14(18)9-13-3-4-15-10-13;;/h12-13,15H,3-11H2,1-2H3;2*1H. The van der Waals surface area contributed by atoms with Crippen LogP contribution in [0.25, 0.3) is 0 Å². The summed E-state index contributed by atoms with van der Waals surface area (Å²) in [6.45, 7) is 11.7. The van der Waals surface area contributed by atoms with Crippen LogP contribution in [0.3, 0.4) is 0 Å². The SMILES string of the molecule is CC(C)CN1CCN(C(=O)CC2CCNC2)CC1.Cl.Cl. The van der Waals surface area contributed by atoms with Crippen molar-refractivity contribution < 1.29 is 4.79 Å². The molecule has 0 aromatic carbocycles. The van der Waals surface area contributed by atoms with Gasteiger partial charge in [0.2, 0.25) is 5.91 Å². The third-order valence-electron chi connectivity index (χ3n) is 3.97. The number of carbonyl (C=O) groups excluding carboxylic acids is 1. The summed E-state index contributed by atoms with van der Waals surface area (Å²) in [6, 6.07) is 0. The van der Waals surface area contributed by atoms with Crippen molar-refractivity contribution in [3.05, 3.63) is 0 Å². The molecule has 0 saturated carbocycles. The quantitative estimate of drug-likeness (QED) is 0.853. The average Bonchev–Trinajstić information content (AvgIpc) is 2.82. The molecule has 20 heavy (non-hydrogen) atoms. The molecule has 2 aliphatic heterocycles. The maximum atomic E-state index is 12.2. The van der Waals surface area contributed by atoms with Crippen LogP contribution in [0, 0.1) is 11.8 Å². The minimum absolute atomic E-state index is 0. The second kappa shape index (κ2) is 9.82. The van der Waals surface area contributed by atoms with Crippen LogP contribution in [0.1, 0.15) is 26.7 Å². The van der Waals surface area contributed by atoms with E-state index in [0.717, 1.165) is 58.2 Å². The molecular weight excluding hydrogens is 297 g/mol. The molecule has 0 bridgehead atoms. The Morgan fingerprint density at radius 1 is 1.20 bits per heavy atom. The van der Waals surface area contributed by atoms with Crippen LogP contribution < -0.4 is 5.32 Å². The first-order valence-corrected chi connectivity index (χ1v) is 7.36. The van der Waals surface area contributed by atoms with Crippen molar-refractivity contribution in [2.75, 3.05) is 45.8 Å². The third-order valence-corrected chi connectivity index (χ3v) is 3.97. The number of hydrogen-bond acceptors (Lipinski definition) is 3. The van der Waals surface area contributed by atoms with E-state index in [2.05, 4.69) is 29.0 Å². The van der Waals surface area contributed by atoms with E-state index in [-0.39, 0.29) is 24.8 Å². The molecule has 120 valence electrons. The van der Waals surface area contributed by atoms with Gasteiger partial charge in [-0.05, 0) is 31.3 Å². The Bertz CT molecular complexity index is 276. The van der Waals surface area contributed by atoms with E-state index in [1.54, 1.807) is 0 Å². The normalized spacial score (nSPS) is 23.4. The lowest BCUT2D eigenvalue weighted by atomic mass is 10.0. The Kier molecular flexibility index (Phi) is 9.81. The Labute approximate surface area is 135 Å². The van der Waals surface area contributed by atoms with Crippen molar-refractivity contribution in [1.29, 1.82) is 0 Å². The summed E-state index contributed by atoms with van der Waals surface area (Å²) < 4.78 is 0. The van der Waals surface area contributed by atoms with E-state index in [4.69, 9.17) is 0 Å². The van der Waals surface area contributed by atoms with E-state index in [1.807, 2.05) is 0 Å². The predicted octanol–water partition coefficient (Wildman–Crippen LogP) is 1.63. The van der Waals surface area contributed by atoms with Crippen molar-refractivity contribution in [2.45, 2.75) is 26.7 Å². The first-order valence-electron chi connectivity index (χ1n) is 7.36. The molecule has 1 atom stereocenters. The van der Waals surface area contributed by atoms with Gasteiger partial charge < -0.3 is 10.2 Å². The van der Waals surface area contributed by atoms with Gasteiger partial charge in [0.05, 0.1) is 0 Å². The molecule has 0 radical (unpaired) electrons. The molecule has 0 aromatic heterocycles. The molecule has 2 fully saturated rings. The van der Waals surface area contributed by atoms with Crippen LogP contribution in [0.2, 0.25) is 0 Å². The number of hydrogen-bond donors (Lipinski definition) is 1. The van der Waals surface area contributed by atoms with Gasteiger partial charge in [-0.25, -0.2) is 0 Å². The van der Waals surface area contributed by atoms with E-state index < -0.39 is 0 Å². The molecule has 2 heterocycles. The highest BCUT2D eigenvalue weighted by Crippen LogP contribution is 2.15. The van der Waals surface area contributed by atoms with Gasteiger partial charge >= 0.3 is 0 Å². The zero-order valence-electron chi connectivity index (χ0n) is 12.6. The summed E-state index contributed by atoms with van der Waals surface area (Å²) in [5.41, 5.74) is 0. The van der Waals surface area contributed by atoms with Crippen molar-refractivity contribution in [1.82, 2.24) is 15.1 Å². The first kappa shape index (κ1) is 20.0. The number of piperazine rings is 1. The first-order chi connectivity index (χ1) is 8.65. The molecule has 1 N–H and O–H groups in total. The van der Waals surface area contributed by atoms with Crippen LogP contribution in [-0.4, -0.2) is 61.5 Å². The van der Waals surface area contributed by atoms with Gasteiger partial charge in [-0.2, -0.15) is 0 Å². The summed E-state index contributed by atoms with van der Waals surface area (Å²) in [5.74, 6) is 1.66. The number of nitrogens with one attached hydrogen (secondary N) is 1. The van der Waals surface area contributed by atoms with E-state index in [0.29, 0.717) is 11.8 Å². The smallest absolute Gasteiger partial charge is 0.222 e. The molecule has 0 aromatic rings. The molecular formula is C14H29Cl2N3O. The Morgan fingerprint density at radius 2 is 1.85 bits per heavy atom. The Hall–Kier alpha value is -0.0300. The number of carbonyl (C=O) groups is 1. The molecule has 2 aliphatic rings. The fraction of sp³-hybridized carbons (Fsp3) is 0.929. The van der Waals surface area contributed by atoms with Crippen LogP contribution >= 0.6 is 24.8 Å². The minimum Gasteiger partial charge on any atom is -0.340 e. The summed E-state index contributed by atoms with van der Waals surface area (Å²) in [7, 11) is 0. The van der Waals surface area contributed by atoms with Crippen molar-refractivity contribution in [3.8, 4) is 0 Å². The highest BCUT2D eigenvalue weighted by Gasteiger charge is 2.24. The molecule has 2 rings (SSSR count). The molecule has 0 aliphatic carbocycles. The van der Waals surface area contributed by atoms with Gasteiger partial charge in [-0.1, -0.05) is 13.8 Å². The largest absolute Gasteiger partial charge is 0.340 e. The topological polar surface area (TPSA) is 35.6 Å². The molecule has 4 nitrogen and oxygen atoms in total. The van der Waals surface area contributed by atoms with Gasteiger partial charge in [0.25, 0.3) is 0 Å². The zero-order chi connectivity index (χ0) is 13.0. The molecule has 1 unspecified atom stereocenters. The average molecular weight is 326 g/mol. The van der Waals surface area contributed by atoms with E-state index in [1.165, 1.54) is 6.42 Å². The third kappa shape index (κ3) is 6.17. The highest BCUT2D eigenvalue weighted by molar-refractivity contribution is 5.85. The van der Waals surface area contributed by atoms with Crippen molar-refractivity contribution >= 4 is 30.7 Å². The maximum absolute atomic E-state index is 12.2. The predicted molar refractivity (Wildman–Crippen MR) is 87.9 cm³/mol. The summed E-state index contributed by atoms with van der Waals surface area (Å²) >= 11 is 0. The minimum atomic E-state index is 0. The lowest BCUT2D eigenvalue weighted by Gasteiger charge is -2.36. The molecule has 6 heteroatoms. The van der Waals surface area contributed by atoms with Crippen LogP contribution in [0.5, 0.6) is 0 Å². The van der Waals surface area contributed by atoms with Gasteiger partial charge in [-0.15, -0.1) is 24.8 Å². The lowest BCUT2D eigenvalue weighted by molar-refractivity contribution is -0.133. The number of halogens is 2. The second-order valence-electron chi connectivity index (χ2n) is 6.14. The van der Waals surface area contributed by atoms with Gasteiger partial charge in [-0.3, -0.25) is 9.69 Å². The molecule has 0 spiro atoms. The van der Waals surface area contributed by atoms with E-state index in [9.17, 15) is 4.79 Å². The van der Waals surface area contributed by atoms with Gasteiger partial charge in [0.1, 0.15) is 0 Å². The van der Waals surface area contributed by atoms with E-state index >= 15 is 0 Å². The Morgan fingerprint density at radius 3 is 2.35 bits per heavy atom.